The molecule has 3 nitrogen and oxygen atoms in total. The lowest BCUT2D eigenvalue weighted by Crippen LogP contribution is -2.20. The number of hydrogen-bond acceptors (Lipinski definition) is 2. The van der Waals surface area contributed by atoms with Gasteiger partial charge in [0.2, 0.25) is 0 Å². The lowest BCUT2D eigenvalue weighted by Gasteiger charge is -2.24. The molecule has 1 N–H and O–H groups in total. The second kappa shape index (κ2) is 13.2. The normalized spacial score (nSPS) is 19.2. The smallest absolute Gasteiger partial charge is 0.306 e. The molecule has 1 fully saturated rings. The fraction of sp³-hybridized carbons (Fsp3) is 0.600. The van der Waals surface area contributed by atoms with Gasteiger partial charge >= 0.3 is 5.97 Å². The zero-order valence-corrected chi connectivity index (χ0v) is 16.9. The van der Waals surface area contributed by atoms with Crippen LogP contribution in [0.5, 0.6) is 0 Å². The summed E-state index contributed by atoms with van der Waals surface area (Å²) in [6.45, 7) is 8.22. The highest BCUT2D eigenvalue weighted by atomic mass is 79.9. The molecule has 24 heavy (non-hydrogen) atoms. The monoisotopic (exact) mass is 398 g/mol. The van der Waals surface area contributed by atoms with Gasteiger partial charge in [-0.25, -0.2) is 0 Å². The highest BCUT2D eigenvalue weighted by Gasteiger charge is 2.24. The predicted octanol–water partition coefficient (Wildman–Crippen LogP) is 6.14. The molecule has 0 radical (unpaired) electrons. The van der Waals surface area contributed by atoms with Crippen LogP contribution >= 0.6 is 15.9 Å². The number of benzene rings is 1. The van der Waals surface area contributed by atoms with Crippen molar-refractivity contribution in [2.75, 3.05) is 0 Å². The molecule has 0 atom stereocenters. The molecule has 0 aromatic heterocycles. The van der Waals surface area contributed by atoms with Crippen molar-refractivity contribution < 1.29 is 14.7 Å². The summed E-state index contributed by atoms with van der Waals surface area (Å²) in [5.74, 6) is 0.156. The van der Waals surface area contributed by atoms with Crippen LogP contribution in [0.3, 0.4) is 0 Å². The van der Waals surface area contributed by atoms with Crippen molar-refractivity contribution in [3.8, 4) is 0 Å². The van der Waals surface area contributed by atoms with E-state index in [4.69, 9.17) is 5.11 Å². The van der Waals surface area contributed by atoms with Crippen LogP contribution in [0.1, 0.15) is 75.7 Å². The molecule has 136 valence electrons. The first-order valence-electron chi connectivity index (χ1n) is 8.98. The Bertz CT molecular complexity index is 492. The first kappa shape index (κ1) is 22.8. The number of carbonyl (C=O) groups is 2. The number of aliphatic carboxylic acids is 1. The zero-order chi connectivity index (χ0) is 18.5. The third-order valence-corrected chi connectivity index (χ3v) is 5.15. The maximum atomic E-state index is 10.5. The maximum Gasteiger partial charge on any atom is 0.306 e. The van der Waals surface area contributed by atoms with E-state index >= 15 is 0 Å². The van der Waals surface area contributed by atoms with Gasteiger partial charge in [-0.1, -0.05) is 62.2 Å². The topological polar surface area (TPSA) is 54.4 Å². The molecular formula is C20H31BrO3. The summed E-state index contributed by atoms with van der Waals surface area (Å²) in [6, 6.07) is 5.65. The van der Waals surface area contributed by atoms with Crippen molar-refractivity contribution in [3.63, 3.8) is 0 Å². The summed E-state index contributed by atoms with van der Waals surface area (Å²) < 4.78 is 1.02. The summed E-state index contributed by atoms with van der Waals surface area (Å²) in [7, 11) is 0. The Morgan fingerprint density at radius 3 is 2.17 bits per heavy atom. The van der Waals surface area contributed by atoms with Crippen molar-refractivity contribution in [2.45, 2.75) is 66.2 Å². The van der Waals surface area contributed by atoms with Crippen LogP contribution in [0, 0.1) is 11.8 Å². The number of rotatable bonds is 4. The maximum absolute atomic E-state index is 10.5. The summed E-state index contributed by atoms with van der Waals surface area (Å²) >= 11 is 3.39. The van der Waals surface area contributed by atoms with E-state index in [1.807, 2.05) is 39.0 Å². The standard InChI is InChI=1S/C9H9BrO.C9H16O2.C2H6/c1-2-8-7(6-11)4-3-5-9(8)10;1-2-7-3-5-8(6-4-7)9(10)11;1-2/h3-6H,2H2,1H3;7-8H,2-6H2,1H3,(H,10,11);1-2H3. The number of carboxylic acids is 1. The largest absolute Gasteiger partial charge is 0.481 e. The van der Waals surface area contributed by atoms with Crippen molar-refractivity contribution in [1.82, 2.24) is 0 Å². The average Bonchev–Trinajstić information content (AvgIpc) is 2.63. The average molecular weight is 399 g/mol. The van der Waals surface area contributed by atoms with Crippen LogP contribution in [0.4, 0.5) is 0 Å². The molecule has 0 amide bonds. The predicted molar refractivity (Wildman–Crippen MR) is 104 cm³/mol. The van der Waals surface area contributed by atoms with Crippen LogP contribution < -0.4 is 0 Å². The molecule has 1 aliphatic rings. The molecule has 1 aromatic rings. The third-order valence-electron chi connectivity index (χ3n) is 4.41. The van der Waals surface area contributed by atoms with E-state index in [9.17, 15) is 9.59 Å². The Kier molecular flexibility index (Phi) is 12.5. The van der Waals surface area contributed by atoms with Crippen LogP contribution in [-0.2, 0) is 11.2 Å². The lowest BCUT2D eigenvalue weighted by atomic mass is 9.81. The molecule has 2 rings (SSSR count). The van der Waals surface area contributed by atoms with E-state index < -0.39 is 5.97 Å². The van der Waals surface area contributed by atoms with Gasteiger partial charge in [-0.2, -0.15) is 0 Å². The molecule has 0 aliphatic heterocycles. The van der Waals surface area contributed by atoms with Gasteiger partial charge in [-0.15, -0.1) is 0 Å². The first-order valence-corrected chi connectivity index (χ1v) is 9.78. The Hall–Kier alpha value is -1.16. The molecule has 0 saturated heterocycles. The number of hydrogen-bond donors (Lipinski definition) is 1. The molecular weight excluding hydrogens is 368 g/mol. The number of carboxylic acid groups (broad SMARTS) is 1. The molecule has 0 unspecified atom stereocenters. The van der Waals surface area contributed by atoms with Crippen LogP contribution in [0.15, 0.2) is 22.7 Å². The minimum atomic E-state index is -0.598. The fourth-order valence-corrected chi connectivity index (χ4v) is 3.54. The highest BCUT2D eigenvalue weighted by Crippen LogP contribution is 2.30. The number of carbonyl (C=O) groups excluding carboxylic acids is 1. The summed E-state index contributed by atoms with van der Waals surface area (Å²) in [6.07, 6.45) is 7.02. The van der Waals surface area contributed by atoms with Gasteiger partial charge in [0.1, 0.15) is 6.29 Å². The van der Waals surface area contributed by atoms with E-state index in [-0.39, 0.29) is 5.92 Å². The van der Waals surface area contributed by atoms with E-state index in [1.54, 1.807) is 0 Å². The summed E-state index contributed by atoms with van der Waals surface area (Å²) in [5.41, 5.74) is 1.87. The van der Waals surface area contributed by atoms with E-state index in [0.29, 0.717) is 0 Å². The number of halogens is 1. The van der Waals surface area contributed by atoms with Crippen LogP contribution in [0.2, 0.25) is 0 Å². The third kappa shape index (κ3) is 7.61. The minimum absolute atomic E-state index is 0.0437. The van der Waals surface area contributed by atoms with Gasteiger partial charge in [0, 0.05) is 10.0 Å². The van der Waals surface area contributed by atoms with Gasteiger partial charge in [0.25, 0.3) is 0 Å². The quantitative estimate of drug-likeness (QED) is 0.619. The van der Waals surface area contributed by atoms with E-state index in [2.05, 4.69) is 22.9 Å². The molecule has 0 spiro atoms. The van der Waals surface area contributed by atoms with Crippen LogP contribution in [0.25, 0.3) is 0 Å². The Morgan fingerprint density at radius 2 is 1.79 bits per heavy atom. The van der Waals surface area contributed by atoms with Crippen molar-refractivity contribution >= 4 is 28.2 Å². The molecule has 1 aromatic carbocycles. The van der Waals surface area contributed by atoms with E-state index in [1.165, 1.54) is 6.42 Å². The zero-order valence-electron chi connectivity index (χ0n) is 15.3. The van der Waals surface area contributed by atoms with Gasteiger partial charge < -0.3 is 5.11 Å². The van der Waals surface area contributed by atoms with Crippen molar-refractivity contribution in [1.29, 1.82) is 0 Å². The second-order valence-corrected chi connectivity index (χ2v) is 6.60. The first-order chi connectivity index (χ1) is 11.5. The minimum Gasteiger partial charge on any atom is -0.481 e. The van der Waals surface area contributed by atoms with Gasteiger partial charge in [-0.3, -0.25) is 9.59 Å². The second-order valence-electron chi connectivity index (χ2n) is 5.74. The van der Waals surface area contributed by atoms with Crippen molar-refractivity contribution in [3.05, 3.63) is 33.8 Å². The Balaban J connectivity index is 0.000000400. The van der Waals surface area contributed by atoms with Gasteiger partial charge in [-0.05, 0) is 49.7 Å². The van der Waals surface area contributed by atoms with E-state index in [0.717, 1.165) is 59.9 Å². The van der Waals surface area contributed by atoms with Crippen LogP contribution in [-0.4, -0.2) is 17.4 Å². The Labute approximate surface area is 155 Å². The van der Waals surface area contributed by atoms with Gasteiger partial charge in [0.15, 0.2) is 0 Å². The molecule has 1 aliphatic carbocycles. The molecule has 4 heteroatoms. The Morgan fingerprint density at radius 1 is 1.21 bits per heavy atom. The molecule has 1 saturated carbocycles. The summed E-state index contributed by atoms with van der Waals surface area (Å²) in [4.78, 5) is 21.1. The SMILES string of the molecule is CC.CCC1CCC(C(=O)O)CC1.CCc1c(Br)cccc1C=O. The van der Waals surface area contributed by atoms with Gasteiger partial charge in [0.05, 0.1) is 5.92 Å². The lowest BCUT2D eigenvalue weighted by molar-refractivity contribution is -0.143. The fourth-order valence-electron chi connectivity index (χ4n) is 2.88. The van der Waals surface area contributed by atoms with Crippen molar-refractivity contribution in [2.24, 2.45) is 11.8 Å². The highest BCUT2D eigenvalue weighted by molar-refractivity contribution is 9.10. The summed E-state index contributed by atoms with van der Waals surface area (Å²) in [5, 5.41) is 8.70. The molecule has 0 heterocycles. The number of aldehydes is 1. The molecule has 0 bridgehead atoms.